The molecule has 2 aromatic carbocycles. The van der Waals surface area contributed by atoms with Crippen molar-refractivity contribution in [1.82, 2.24) is 19.6 Å². The molecule has 5 nitrogen and oxygen atoms in total. The van der Waals surface area contributed by atoms with Gasteiger partial charge in [0.1, 0.15) is 0 Å². The number of carbonyl (C=O) groups excluding carboxylic acids is 1. The van der Waals surface area contributed by atoms with E-state index in [1.54, 1.807) is 0 Å². The summed E-state index contributed by atoms with van der Waals surface area (Å²) < 4.78 is 0. The van der Waals surface area contributed by atoms with Gasteiger partial charge in [0.15, 0.2) is 0 Å². The molecule has 2 atom stereocenters. The van der Waals surface area contributed by atoms with Gasteiger partial charge in [0, 0.05) is 51.9 Å². The molecule has 33 heavy (non-hydrogen) atoms. The molecule has 2 fully saturated rings. The molecule has 0 N–H and O–H groups in total. The topological polar surface area (TPSA) is 30.0 Å². The first-order valence-electron chi connectivity index (χ1n) is 12.7. The van der Waals surface area contributed by atoms with Crippen LogP contribution >= 0.6 is 0 Å². The van der Waals surface area contributed by atoms with Crippen LogP contribution in [0, 0.1) is 0 Å². The number of nitrogens with zero attached hydrogens (tertiary/aromatic N) is 4. The number of likely N-dealkylation sites (N-methyl/N-ethyl adjacent to an activating group) is 2. The van der Waals surface area contributed by atoms with Gasteiger partial charge >= 0.3 is 6.03 Å². The molecule has 2 aromatic rings. The van der Waals surface area contributed by atoms with Crippen molar-refractivity contribution < 1.29 is 4.79 Å². The van der Waals surface area contributed by atoms with E-state index in [9.17, 15) is 4.79 Å². The maximum absolute atomic E-state index is 13.3. The number of likely N-dealkylation sites (tertiary alicyclic amines) is 2. The molecule has 178 valence electrons. The quantitative estimate of drug-likeness (QED) is 0.572. The number of rotatable bonds is 9. The molecule has 2 amide bonds. The summed E-state index contributed by atoms with van der Waals surface area (Å²) in [6.07, 6.45) is 4.45. The highest BCUT2D eigenvalue weighted by Crippen LogP contribution is 2.22. The Morgan fingerprint density at radius 2 is 1.58 bits per heavy atom. The third kappa shape index (κ3) is 6.36. The number of carbonyl (C=O) groups is 1. The Bertz CT molecular complexity index is 859. The molecule has 0 radical (unpaired) electrons. The molecule has 4 rings (SSSR count). The van der Waals surface area contributed by atoms with Gasteiger partial charge in [-0.1, -0.05) is 67.6 Å². The Morgan fingerprint density at radius 1 is 0.909 bits per heavy atom. The van der Waals surface area contributed by atoms with Crippen molar-refractivity contribution in [2.75, 3.05) is 46.3 Å². The Kier molecular flexibility index (Phi) is 8.40. The second-order valence-electron chi connectivity index (χ2n) is 9.66. The highest BCUT2D eigenvalue weighted by atomic mass is 16.2. The van der Waals surface area contributed by atoms with Crippen molar-refractivity contribution in [1.29, 1.82) is 0 Å². The lowest BCUT2D eigenvalue weighted by Gasteiger charge is -2.31. The SMILES string of the molecule is CCN(Cc1ccccc1)[C@H]1CCN(C(=O)N(C)[C@H]2CCN(CCCc3ccccc3)C2)C1. The van der Waals surface area contributed by atoms with E-state index in [4.69, 9.17) is 0 Å². The van der Waals surface area contributed by atoms with Crippen molar-refractivity contribution >= 4 is 6.03 Å². The van der Waals surface area contributed by atoms with Crippen molar-refractivity contribution in [3.63, 3.8) is 0 Å². The largest absolute Gasteiger partial charge is 0.323 e. The van der Waals surface area contributed by atoms with Crippen LogP contribution in [0.3, 0.4) is 0 Å². The molecular formula is C28H40N4O. The van der Waals surface area contributed by atoms with Gasteiger partial charge in [-0.05, 0) is 49.9 Å². The summed E-state index contributed by atoms with van der Waals surface area (Å²) in [6.45, 7) is 9.13. The van der Waals surface area contributed by atoms with E-state index in [1.165, 1.54) is 17.5 Å². The molecular weight excluding hydrogens is 408 g/mol. The van der Waals surface area contributed by atoms with Crippen molar-refractivity contribution in [2.24, 2.45) is 0 Å². The van der Waals surface area contributed by atoms with E-state index in [0.29, 0.717) is 12.1 Å². The van der Waals surface area contributed by atoms with Gasteiger partial charge in [0.05, 0.1) is 0 Å². The zero-order chi connectivity index (χ0) is 23.0. The summed E-state index contributed by atoms with van der Waals surface area (Å²) in [6, 6.07) is 22.4. The fourth-order valence-electron chi connectivity index (χ4n) is 5.39. The summed E-state index contributed by atoms with van der Waals surface area (Å²) in [7, 11) is 2.01. The first-order valence-corrected chi connectivity index (χ1v) is 12.7. The van der Waals surface area contributed by atoms with E-state index in [-0.39, 0.29) is 6.03 Å². The van der Waals surface area contributed by atoms with Crippen molar-refractivity contribution in [3.05, 3.63) is 71.8 Å². The highest BCUT2D eigenvalue weighted by molar-refractivity contribution is 5.75. The lowest BCUT2D eigenvalue weighted by molar-refractivity contribution is 0.147. The number of hydrogen-bond donors (Lipinski definition) is 0. The van der Waals surface area contributed by atoms with Gasteiger partial charge in [-0.3, -0.25) is 4.90 Å². The van der Waals surface area contributed by atoms with Crippen LogP contribution < -0.4 is 0 Å². The normalized spacial score (nSPS) is 21.1. The fraction of sp³-hybridized carbons (Fsp3) is 0.536. The predicted molar refractivity (Wildman–Crippen MR) is 135 cm³/mol. The molecule has 0 bridgehead atoms. The zero-order valence-electron chi connectivity index (χ0n) is 20.4. The van der Waals surface area contributed by atoms with Gasteiger partial charge in [-0.15, -0.1) is 0 Å². The average Bonchev–Trinajstić information content (AvgIpc) is 3.53. The van der Waals surface area contributed by atoms with Gasteiger partial charge < -0.3 is 14.7 Å². The molecule has 0 aromatic heterocycles. The summed E-state index contributed by atoms with van der Waals surface area (Å²) in [5.41, 5.74) is 2.76. The monoisotopic (exact) mass is 448 g/mol. The van der Waals surface area contributed by atoms with Crippen LogP contribution in [-0.2, 0) is 13.0 Å². The maximum atomic E-state index is 13.3. The van der Waals surface area contributed by atoms with E-state index in [2.05, 4.69) is 82.3 Å². The predicted octanol–water partition coefficient (Wildman–Crippen LogP) is 4.34. The number of urea groups is 1. The fourth-order valence-corrected chi connectivity index (χ4v) is 5.39. The van der Waals surface area contributed by atoms with Crippen LogP contribution in [0.5, 0.6) is 0 Å². The maximum Gasteiger partial charge on any atom is 0.320 e. The molecule has 0 spiro atoms. The van der Waals surface area contributed by atoms with E-state index in [1.807, 2.05) is 11.9 Å². The first kappa shape index (κ1) is 23.8. The number of aryl methyl sites for hydroxylation is 1. The number of benzene rings is 2. The molecule has 0 unspecified atom stereocenters. The summed E-state index contributed by atoms with van der Waals surface area (Å²) >= 11 is 0. The highest BCUT2D eigenvalue weighted by Gasteiger charge is 2.35. The Labute approximate surface area is 200 Å². The molecule has 5 heteroatoms. The minimum absolute atomic E-state index is 0.212. The van der Waals surface area contributed by atoms with Crippen LogP contribution in [-0.4, -0.2) is 84.0 Å². The zero-order valence-corrected chi connectivity index (χ0v) is 20.4. The van der Waals surface area contributed by atoms with Gasteiger partial charge in [0.25, 0.3) is 0 Å². The van der Waals surface area contributed by atoms with Crippen LogP contribution in [0.4, 0.5) is 4.79 Å². The number of amides is 2. The second-order valence-corrected chi connectivity index (χ2v) is 9.66. The third-order valence-electron chi connectivity index (χ3n) is 7.46. The minimum atomic E-state index is 0.212. The molecule has 2 aliphatic heterocycles. The minimum Gasteiger partial charge on any atom is -0.323 e. The lowest BCUT2D eigenvalue weighted by Crippen LogP contribution is -2.47. The van der Waals surface area contributed by atoms with Crippen LogP contribution in [0.25, 0.3) is 0 Å². The number of hydrogen-bond acceptors (Lipinski definition) is 3. The van der Waals surface area contributed by atoms with Gasteiger partial charge in [-0.2, -0.15) is 0 Å². The Balaban J connectivity index is 1.22. The lowest BCUT2D eigenvalue weighted by atomic mass is 10.1. The van der Waals surface area contributed by atoms with Crippen molar-refractivity contribution in [2.45, 2.75) is 51.2 Å². The third-order valence-corrected chi connectivity index (χ3v) is 7.46. The molecule has 2 heterocycles. The van der Waals surface area contributed by atoms with E-state index in [0.717, 1.165) is 65.1 Å². The van der Waals surface area contributed by atoms with Crippen LogP contribution in [0.1, 0.15) is 37.3 Å². The Hall–Kier alpha value is -2.37. The standard InChI is InChI=1S/C28H40N4O/c1-3-31(21-25-13-8-5-9-14-25)27-17-20-32(23-27)28(33)29(2)26-16-19-30(22-26)18-10-15-24-11-6-4-7-12-24/h4-9,11-14,26-27H,3,10,15-23H2,1-2H3/t26-,27-/m0/s1. The molecule has 0 aliphatic carbocycles. The smallest absolute Gasteiger partial charge is 0.320 e. The van der Waals surface area contributed by atoms with Crippen molar-refractivity contribution in [3.8, 4) is 0 Å². The molecule has 2 aliphatic rings. The molecule has 0 saturated carbocycles. The van der Waals surface area contributed by atoms with Crippen LogP contribution in [0.15, 0.2) is 60.7 Å². The molecule has 2 saturated heterocycles. The summed E-state index contributed by atoms with van der Waals surface area (Å²) in [5, 5.41) is 0. The Morgan fingerprint density at radius 3 is 2.27 bits per heavy atom. The van der Waals surface area contributed by atoms with Gasteiger partial charge in [-0.25, -0.2) is 4.79 Å². The van der Waals surface area contributed by atoms with E-state index >= 15 is 0 Å². The van der Waals surface area contributed by atoms with Gasteiger partial charge in [0.2, 0.25) is 0 Å². The first-order chi connectivity index (χ1) is 16.1. The average molecular weight is 449 g/mol. The van der Waals surface area contributed by atoms with Crippen LogP contribution in [0.2, 0.25) is 0 Å². The van der Waals surface area contributed by atoms with E-state index < -0.39 is 0 Å². The second kappa shape index (κ2) is 11.7. The summed E-state index contributed by atoms with van der Waals surface area (Å²) in [4.78, 5) is 22.4. The summed E-state index contributed by atoms with van der Waals surface area (Å²) in [5.74, 6) is 0.